The molecule has 8 nitrogen and oxygen atoms in total. The van der Waals surface area contributed by atoms with Crippen molar-refractivity contribution >= 4 is 34.4 Å². The minimum Gasteiger partial charge on any atom is -0.478 e. The lowest BCUT2D eigenvalue weighted by atomic mass is 10.2. The molecule has 0 unspecified atom stereocenters. The van der Waals surface area contributed by atoms with Crippen LogP contribution in [0.2, 0.25) is 5.02 Å². The van der Waals surface area contributed by atoms with E-state index >= 15 is 0 Å². The van der Waals surface area contributed by atoms with E-state index < -0.39 is 17.3 Å². The summed E-state index contributed by atoms with van der Waals surface area (Å²) in [6, 6.07) is 13.3. The number of rotatable bonds is 5. The van der Waals surface area contributed by atoms with Gasteiger partial charge in [-0.05, 0) is 24.3 Å². The number of hydrogen-bond donors (Lipinski definition) is 0. The normalized spacial score (nSPS) is 12.4. The van der Waals surface area contributed by atoms with Crippen LogP contribution in [-0.2, 0) is 4.79 Å². The summed E-state index contributed by atoms with van der Waals surface area (Å²) in [5.74, 6) is -0.266. The second kappa shape index (κ2) is 7.58. The van der Waals surface area contributed by atoms with Gasteiger partial charge in [0.25, 0.3) is 0 Å². The van der Waals surface area contributed by atoms with Crippen LogP contribution >= 0.6 is 11.6 Å². The molecule has 0 saturated heterocycles. The molecule has 0 spiro atoms. The quantitative estimate of drug-likeness (QED) is 0.329. The Labute approximate surface area is 165 Å². The van der Waals surface area contributed by atoms with Crippen LogP contribution in [0.3, 0.4) is 0 Å². The molecule has 2 aromatic rings. The van der Waals surface area contributed by atoms with Crippen LogP contribution in [-0.4, -0.2) is 31.4 Å². The number of ether oxygens (including phenoxy) is 1. The molecule has 2 aromatic carbocycles. The summed E-state index contributed by atoms with van der Waals surface area (Å²) < 4.78 is 5.33. The van der Waals surface area contributed by atoms with Crippen molar-refractivity contribution < 1.29 is 14.5 Å². The lowest BCUT2D eigenvalue weighted by Crippen LogP contribution is -2.27. The Hall–Kier alpha value is -3.57. The lowest BCUT2D eigenvalue weighted by molar-refractivity contribution is -0.385. The Morgan fingerprint density at radius 2 is 1.82 bits per heavy atom. The molecule has 142 valence electrons. The molecule has 3 rings (SSSR count). The zero-order chi connectivity index (χ0) is 20.4. The highest BCUT2D eigenvalue weighted by Gasteiger charge is 2.31. The maximum absolute atomic E-state index is 12.7. The summed E-state index contributed by atoms with van der Waals surface area (Å²) in [6.45, 7) is -0.521. The van der Waals surface area contributed by atoms with Crippen LogP contribution in [0.4, 0.5) is 17.1 Å². The van der Waals surface area contributed by atoms with Gasteiger partial charge in [0.2, 0.25) is 5.78 Å². The number of nitriles is 1. The Balaban J connectivity index is 1.88. The van der Waals surface area contributed by atoms with Gasteiger partial charge in [-0.1, -0.05) is 23.7 Å². The number of benzene rings is 2. The van der Waals surface area contributed by atoms with Crippen LogP contribution in [0.25, 0.3) is 0 Å². The molecule has 1 aliphatic heterocycles. The predicted octanol–water partition coefficient (Wildman–Crippen LogP) is 3.52. The van der Waals surface area contributed by atoms with E-state index in [0.29, 0.717) is 5.82 Å². The van der Waals surface area contributed by atoms with Crippen molar-refractivity contribution in [3.63, 3.8) is 0 Å². The highest BCUT2D eigenvalue weighted by atomic mass is 35.5. The standard InChI is InChI=1S/C19H15ClN4O4/c1-22-14-5-3-4-6-15(14)23(2)19(22)13(10-21)17(25)11-28-18-8-7-12(20)9-16(18)24(26)27/h3-9H,11H2,1-2H3. The number of halogens is 1. The summed E-state index contributed by atoms with van der Waals surface area (Å²) in [7, 11) is 3.51. The van der Waals surface area contributed by atoms with E-state index in [4.69, 9.17) is 16.3 Å². The summed E-state index contributed by atoms with van der Waals surface area (Å²) >= 11 is 5.77. The van der Waals surface area contributed by atoms with Crippen LogP contribution in [0.5, 0.6) is 5.75 Å². The topological polar surface area (TPSA) is 99.7 Å². The number of carbonyl (C=O) groups is 1. The second-order valence-corrected chi connectivity index (χ2v) is 6.43. The van der Waals surface area contributed by atoms with Gasteiger partial charge >= 0.3 is 5.69 Å². The molecule has 1 aliphatic rings. The van der Waals surface area contributed by atoms with Crippen LogP contribution < -0.4 is 14.5 Å². The molecule has 28 heavy (non-hydrogen) atoms. The summed E-state index contributed by atoms with van der Waals surface area (Å²) in [5, 5.41) is 20.9. The van der Waals surface area contributed by atoms with Gasteiger partial charge in [0, 0.05) is 25.2 Å². The van der Waals surface area contributed by atoms with E-state index in [1.54, 1.807) is 23.9 Å². The molecular formula is C19H15ClN4O4. The molecule has 0 aliphatic carbocycles. The fraction of sp³-hybridized carbons (Fsp3) is 0.158. The third-order valence-corrected chi connectivity index (χ3v) is 4.57. The number of nitro groups is 1. The van der Waals surface area contributed by atoms with Crippen molar-refractivity contribution in [1.82, 2.24) is 0 Å². The number of nitrogens with zero attached hydrogens (tertiary/aromatic N) is 4. The minimum absolute atomic E-state index is 0.0959. The van der Waals surface area contributed by atoms with E-state index in [-0.39, 0.29) is 22.0 Å². The van der Waals surface area contributed by atoms with E-state index in [9.17, 15) is 20.2 Å². The number of fused-ring (bicyclic) bond motifs is 1. The van der Waals surface area contributed by atoms with Gasteiger partial charge in [-0.15, -0.1) is 0 Å². The molecule has 0 radical (unpaired) electrons. The van der Waals surface area contributed by atoms with Crippen molar-refractivity contribution in [1.29, 1.82) is 5.26 Å². The first-order valence-corrected chi connectivity index (χ1v) is 8.53. The first-order valence-electron chi connectivity index (χ1n) is 8.16. The summed E-state index contributed by atoms with van der Waals surface area (Å²) in [6.07, 6.45) is 0. The van der Waals surface area contributed by atoms with Gasteiger partial charge < -0.3 is 14.5 Å². The highest BCUT2D eigenvalue weighted by molar-refractivity contribution is 6.30. The van der Waals surface area contributed by atoms with Gasteiger partial charge in [-0.25, -0.2) is 0 Å². The molecule has 0 amide bonds. The Morgan fingerprint density at radius 1 is 1.21 bits per heavy atom. The SMILES string of the molecule is CN1C(=C(C#N)C(=O)COc2ccc(Cl)cc2[N+](=O)[O-])N(C)c2ccccc21. The zero-order valence-electron chi connectivity index (χ0n) is 15.0. The Kier molecular flexibility index (Phi) is 5.20. The lowest BCUT2D eigenvalue weighted by Gasteiger charge is -2.20. The van der Waals surface area contributed by atoms with E-state index in [0.717, 1.165) is 17.4 Å². The maximum atomic E-state index is 12.7. The molecule has 9 heteroatoms. The van der Waals surface area contributed by atoms with Gasteiger partial charge in [-0.2, -0.15) is 5.26 Å². The molecule has 0 bridgehead atoms. The first-order chi connectivity index (χ1) is 13.3. The second-order valence-electron chi connectivity index (χ2n) is 6.00. The van der Waals surface area contributed by atoms with E-state index in [1.165, 1.54) is 12.1 Å². The van der Waals surface area contributed by atoms with Crippen molar-refractivity contribution in [3.05, 3.63) is 69.0 Å². The van der Waals surface area contributed by atoms with Crippen molar-refractivity contribution in [2.75, 3.05) is 30.5 Å². The average molecular weight is 399 g/mol. The van der Waals surface area contributed by atoms with Crippen molar-refractivity contribution in [3.8, 4) is 11.8 Å². The fourth-order valence-electron chi connectivity index (χ4n) is 3.03. The number of carbonyl (C=O) groups excluding carboxylic acids is 1. The Bertz CT molecular complexity index is 1010. The number of Topliss-reactive ketones (excluding diaryl/α,β-unsaturated/α-hetero) is 1. The predicted molar refractivity (Wildman–Crippen MR) is 104 cm³/mol. The van der Waals surface area contributed by atoms with Gasteiger partial charge in [0.05, 0.1) is 16.3 Å². The third kappa shape index (κ3) is 3.35. The van der Waals surface area contributed by atoms with E-state index in [2.05, 4.69) is 0 Å². The smallest absolute Gasteiger partial charge is 0.312 e. The van der Waals surface area contributed by atoms with Gasteiger partial charge in [-0.3, -0.25) is 14.9 Å². The van der Waals surface area contributed by atoms with Crippen molar-refractivity contribution in [2.45, 2.75) is 0 Å². The molecule has 0 saturated carbocycles. The number of ketones is 1. The average Bonchev–Trinajstić information content (AvgIpc) is 2.93. The Morgan fingerprint density at radius 3 is 2.36 bits per heavy atom. The maximum Gasteiger partial charge on any atom is 0.312 e. The first kappa shape index (κ1) is 19.2. The molecule has 0 N–H and O–H groups in total. The van der Waals surface area contributed by atoms with Gasteiger partial charge in [0.15, 0.2) is 12.4 Å². The monoisotopic (exact) mass is 398 g/mol. The molecule has 1 heterocycles. The molecule has 0 atom stereocenters. The number of para-hydroxylation sites is 2. The van der Waals surface area contributed by atoms with Crippen LogP contribution in [0.15, 0.2) is 53.9 Å². The minimum atomic E-state index is -0.648. The molecule has 0 aromatic heterocycles. The zero-order valence-corrected chi connectivity index (χ0v) is 15.8. The van der Waals surface area contributed by atoms with Crippen LogP contribution in [0.1, 0.15) is 0 Å². The highest BCUT2D eigenvalue weighted by Crippen LogP contribution is 2.40. The van der Waals surface area contributed by atoms with Crippen molar-refractivity contribution in [2.24, 2.45) is 0 Å². The van der Waals surface area contributed by atoms with E-state index in [1.807, 2.05) is 30.3 Å². The van der Waals surface area contributed by atoms with Crippen LogP contribution in [0, 0.1) is 21.4 Å². The molecular weight excluding hydrogens is 384 g/mol. The number of nitro benzene ring substituents is 1. The molecule has 0 fully saturated rings. The summed E-state index contributed by atoms with van der Waals surface area (Å²) in [4.78, 5) is 26.7. The number of anilines is 2. The number of hydrogen-bond acceptors (Lipinski definition) is 7. The fourth-order valence-corrected chi connectivity index (χ4v) is 3.19. The summed E-state index contributed by atoms with van der Waals surface area (Å²) in [5.41, 5.74) is 1.26. The third-order valence-electron chi connectivity index (χ3n) is 4.33. The largest absolute Gasteiger partial charge is 0.478 e. The van der Waals surface area contributed by atoms with Gasteiger partial charge in [0.1, 0.15) is 17.5 Å².